The normalized spacial score (nSPS) is 12.7. The maximum atomic E-state index is 9.26. The summed E-state index contributed by atoms with van der Waals surface area (Å²) in [7, 11) is 1.71. The number of aromatic hydroxyl groups is 1. The summed E-state index contributed by atoms with van der Waals surface area (Å²) in [4.78, 5) is 1.57. The predicted octanol–water partition coefficient (Wildman–Crippen LogP) is 3.57. The molecule has 0 saturated heterocycles. The summed E-state index contributed by atoms with van der Waals surface area (Å²) in [6.45, 7) is 0. The van der Waals surface area contributed by atoms with Gasteiger partial charge >= 0.3 is 0 Å². The number of benzene rings is 1. The fraction of sp³-hybridized carbons (Fsp3) is 0.300. The Morgan fingerprint density at radius 3 is 2.83 bits per heavy atom. The van der Waals surface area contributed by atoms with Crippen molar-refractivity contribution in [3.63, 3.8) is 0 Å². The molecule has 0 amide bonds. The fourth-order valence-corrected chi connectivity index (χ4v) is 1.81. The Bertz CT molecular complexity index is 469. The van der Waals surface area contributed by atoms with Crippen LogP contribution in [-0.2, 0) is 0 Å². The molecule has 1 unspecified atom stereocenters. The molecular weight excluding hydrogens is 292 g/mol. The van der Waals surface area contributed by atoms with Crippen LogP contribution in [0.25, 0.3) is 0 Å². The summed E-state index contributed by atoms with van der Waals surface area (Å²) >= 11 is 11.3. The van der Waals surface area contributed by atoms with Crippen LogP contribution in [0, 0.1) is 5.41 Å². The lowest BCUT2D eigenvalue weighted by Gasteiger charge is -2.20. The van der Waals surface area contributed by atoms with E-state index in [0.29, 0.717) is 10.9 Å². The number of halogens is 1. The van der Waals surface area contributed by atoms with Gasteiger partial charge in [0.05, 0.1) is 10.7 Å². The van der Waals surface area contributed by atoms with Crippen molar-refractivity contribution in [1.82, 2.24) is 4.90 Å². The minimum absolute atomic E-state index is 0.000631. The first-order valence-corrected chi connectivity index (χ1v) is 7.00. The average Bonchev–Trinajstić information content (AvgIpc) is 2.37. The van der Waals surface area contributed by atoms with Gasteiger partial charge in [-0.15, -0.1) is 12.6 Å². The Balaban J connectivity index is 2.74. The van der Waals surface area contributed by atoms with Gasteiger partial charge in [-0.1, -0.05) is 23.4 Å². The second-order valence-corrected chi connectivity index (χ2v) is 4.98. The van der Waals surface area contributed by atoms with E-state index in [9.17, 15) is 5.11 Å². The van der Waals surface area contributed by atoms with E-state index < -0.39 is 5.50 Å². The summed E-state index contributed by atoms with van der Waals surface area (Å²) in [5, 5.41) is 25.3. The van der Waals surface area contributed by atoms with Gasteiger partial charge in [-0.25, -0.2) is 0 Å². The molecule has 0 saturated carbocycles. The van der Waals surface area contributed by atoms with E-state index in [4.69, 9.17) is 17.0 Å². The van der Waals surface area contributed by atoms with E-state index in [-0.39, 0.29) is 10.8 Å². The van der Waals surface area contributed by atoms with Crippen LogP contribution in [0.4, 0.5) is 5.69 Å². The van der Waals surface area contributed by atoms with Crippen LogP contribution in [-0.4, -0.2) is 34.0 Å². The Hall–Kier alpha value is -0.920. The van der Waals surface area contributed by atoms with Gasteiger partial charge in [0.1, 0.15) is 5.75 Å². The van der Waals surface area contributed by atoms with Crippen LogP contribution in [0.1, 0.15) is 0 Å². The molecule has 0 aliphatic rings. The molecule has 0 spiro atoms. The van der Waals surface area contributed by atoms with E-state index in [0.717, 1.165) is 0 Å². The molecule has 1 aromatic rings. The van der Waals surface area contributed by atoms with Gasteiger partial charge in [-0.3, -0.25) is 5.41 Å². The standard InChI is InChI=1S/C10H13ClN4OS2/c1-15(9(12)18-2)10(17)14-13-6-3-4-8(16)7(11)5-6/h3-5,10,12,16-17H,1-2H3/b12-9?,14-13+. The average molecular weight is 305 g/mol. The predicted molar refractivity (Wildman–Crippen MR) is 79.4 cm³/mol. The Kier molecular flexibility index (Phi) is 5.77. The summed E-state index contributed by atoms with van der Waals surface area (Å²) in [5.41, 5.74) is -0.0292. The summed E-state index contributed by atoms with van der Waals surface area (Å²) in [6.07, 6.45) is 1.80. The molecule has 1 aromatic carbocycles. The minimum atomic E-state index is -0.544. The number of phenols is 1. The number of amidine groups is 1. The van der Waals surface area contributed by atoms with Crippen molar-refractivity contribution in [2.45, 2.75) is 5.50 Å². The van der Waals surface area contributed by atoms with E-state index >= 15 is 0 Å². The molecule has 0 aliphatic heterocycles. The molecule has 18 heavy (non-hydrogen) atoms. The highest BCUT2D eigenvalue weighted by molar-refractivity contribution is 8.13. The molecule has 1 atom stereocenters. The summed E-state index contributed by atoms with van der Waals surface area (Å²) in [5.74, 6) is -0.000631. The maximum Gasteiger partial charge on any atom is 0.188 e. The maximum absolute atomic E-state index is 9.26. The third-order valence-corrected chi connectivity index (χ3v) is 3.49. The lowest BCUT2D eigenvalue weighted by molar-refractivity contribution is 0.475. The SMILES string of the molecule is CSC(=N)N(C)C(S)/N=N/c1ccc(O)c(Cl)c1. The summed E-state index contributed by atoms with van der Waals surface area (Å²) < 4.78 is 0. The second kappa shape index (κ2) is 6.86. The number of hydrogen-bond donors (Lipinski definition) is 3. The van der Waals surface area contributed by atoms with Gasteiger partial charge in [-0.05, 0) is 24.5 Å². The van der Waals surface area contributed by atoms with Crippen molar-refractivity contribution in [2.24, 2.45) is 10.2 Å². The van der Waals surface area contributed by atoms with Gasteiger partial charge < -0.3 is 10.0 Å². The van der Waals surface area contributed by atoms with Crippen molar-refractivity contribution in [3.8, 4) is 5.75 Å². The molecule has 5 nitrogen and oxygen atoms in total. The number of phenolic OH excluding ortho intramolecular Hbond substituents is 1. The summed E-state index contributed by atoms with van der Waals surface area (Å²) in [6, 6.07) is 4.53. The van der Waals surface area contributed by atoms with Crippen molar-refractivity contribution in [1.29, 1.82) is 5.41 Å². The minimum Gasteiger partial charge on any atom is -0.506 e. The molecule has 98 valence electrons. The van der Waals surface area contributed by atoms with Gasteiger partial charge in [0, 0.05) is 7.05 Å². The smallest absolute Gasteiger partial charge is 0.188 e. The number of hydrogen-bond acceptors (Lipinski definition) is 6. The van der Waals surface area contributed by atoms with Gasteiger partial charge in [0.15, 0.2) is 10.7 Å². The second-order valence-electron chi connectivity index (χ2n) is 3.32. The lowest BCUT2D eigenvalue weighted by atomic mass is 10.3. The molecule has 0 aliphatic carbocycles. The van der Waals surface area contributed by atoms with Crippen molar-refractivity contribution < 1.29 is 5.11 Å². The van der Waals surface area contributed by atoms with Crippen molar-refractivity contribution in [3.05, 3.63) is 23.2 Å². The van der Waals surface area contributed by atoms with E-state index in [1.54, 1.807) is 24.3 Å². The molecule has 0 heterocycles. The highest BCUT2D eigenvalue weighted by Gasteiger charge is 2.11. The Labute approximate surface area is 120 Å². The molecule has 0 bridgehead atoms. The molecule has 0 radical (unpaired) electrons. The number of rotatable bonds is 3. The van der Waals surface area contributed by atoms with Crippen LogP contribution in [0.3, 0.4) is 0 Å². The zero-order valence-electron chi connectivity index (χ0n) is 9.83. The number of azo groups is 1. The van der Waals surface area contributed by atoms with Crippen LogP contribution in [0.5, 0.6) is 5.75 Å². The molecular formula is C10H13ClN4OS2. The van der Waals surface area contributed by atoms with E-state index in [1.165, 1.54) is 23.9 Å². The number of nitrogens with zero attached hydrogens (tertiary/aromatic N) is 3. The topological polar surface area (TPSA) is 72.0 Å². The van der Waals surface area contributed by atoms with Crippen LogP contribution >= 0.6 is 36.0 Å². The molecule has 2 N–H and O–H groups in total. The van der Waals surface area contributed by atoms with Gasteiger partial charge in [0.2, 0.25) is 0 Å². The molecule has 1 rings (SSSR count). The van der Waals surface area contributed by atoms with Crippen LogP contribution in [0.15, 0.2) is 28.4 Å². The quantitative estimate of drug-likeness (QED) is 0.263. The third-order valence-electron chi connectivity index (χ3n) is 2.07. The third kappa shape index (κ3) is 4.08. The largest absolute Gasteiger partial charge is 0.506 e. The molecule has 0 aromatic heterocycles. The Morgan fingerprint density at radius 2 is 2.28 bits per heavy atom. The number of thioether (sulfide) groups is 1. The van der Waals surface area contributed by atoms with Crippen LogP contribution < -0.4 is 0 Å². The first-order chi connectivity index (χ1) is 8.45. The first kappa shape index (κ1) is 15.1. The number of nitrogens with one attached hydrogen (secondary N) is 1. The van der Waals surface area contributed by atoms with E-state index in [2.05, 4.69) is 22.9 Å². The van der Waals surface area contributed by atoms with Crippen molar-refractivity contribution in [2.75, 3.05) is 13.3 Å². The number of thiol groups is 1. The lowest BCUT2D eigenvalue weighted by Crippen LogP contribution is -2.29. The van der Waals surface area contributed by atoms with Gasteiger partial charge in [-0.2, -0.15) is 10.2 Å². The highest BCUT2D eigenvalue weighted by atomic mass is 35.5. The zero-order chi connectivity index (χ0) is 13.7. The molecule has 0 fully saturated rings. The zero-order valence-corrected chi connectivity index (χ0v) is 12.3. The monoisotopic (exact) mass is 304 g/mol. The van der Waals surface area contributed by atoms with E-state index in [1.807, 2.05) is 0 Å². The Morgan fingerprint density at radius 1 is 1.61 bits per heavy atom. The highest BCUT2D eigenvalue weighted by Crippen LogP contribution is 2.28. The molecule has 8 heteroatoms. The fourth-order valence-electron chi connectivity index (χ4n) is 1.00. The van der Waals surface area contributed by atoms with Crippen molar-refractivity contribution >= 4 is 46.8 Å². The van der Waals surface area contributed by atoms with Gasteiger partial charge in [0.25, 0.3) is 0 Å². The van der Waals surface area contributed by atoms with Crippen LogP contribution in [0.2, 0.25) is 5.02 Å². The first-order valence-electron chi connectivity index (χ1n) is 4.88.